The fraction of sp³-hybridized carbons (Fsp3) is 0.286. The highest BCUT2D eigenvalue weighted by atomic mass is 35.5. The number of nitrogens with zero attached hydrogens (tertiary/aromatic N) is 1. The molecule has 1 unspecified atom stereocenters. The number of nitrogens with one attached hydrogen (secondary N) is 1. The fourth-order valence-corrected chi connectivity index (χ4v) is 4.72. The minimum absolute atomic E-state index is 0.194. The molecule has 0 radical (unpaired) electrons. The van der Waals surface area contributed by atoms with Crippen molar-refractivity contribution in [2.45, 2.75) is 19.4 Å². The molecule has 0 fully saturated rings. The third-order valence-corrected chi connectivity index (χ3v) is 6.72. The van der Waals surface area contributed by atoms with Crippen LogP contribution in [0.5, 0.6) is 17.2 Å². The molecule has 9 heteroatoms. The lowest BCUT2D eigenvalue weighted by molar-refractivity contribution is 0.0526. The van der Waals surface area contributed by atoms with Crippen LogP contribution in [0.25, 0.3) is 0 Å². The molecule has 37 heavy (non-hydrogen) atoms. The number of esters is 1. The second-order valence-corrected chi connectivity index (χ2v) is 9.18. The summed E-state index contributed by atoms with van der Waals surface area (Å²) < 4.78 is 22.4. The van der Waals surface area contributed by atoms with Crippen LogP contribution in [-0.4, -0.2) is 50.0 Å². The number of fused-ring (bicyclic) bond motifs is 1. The van der Waals surface area contributed by atoms with Gasteiger partial charge in [-0.05, 0) is 97.4 Å². The van der Waals surface area contributed by atoms with Gasteiger partial charge >= 0.3 is 5.97 Å². The van der Waals surface area contributed by atoms with Crippen molar-refractivity contribution in [2.24, 2.45) is 0 Å². The molecule has 1 aliphatic rings. The van der Waals surface area contributed by atoms with Gasteiger partial charge in [-0.2, -0.15) is 0 Å². The van der Waals surface area contributed by atoms with E-state index in [4.69, 9.17) is 42.8 Å². The van der Waals surface area contributed by atoms with Crippen LogP contribution < -0.4 is 19.5 Å². The minimum Gasteiger partial charge on any atom is -0.493 e. The second kappa shape index (κ2) is 12.2. The third-order valence-electron chi connectivity index (χ3n) is 6.13. The average molecular weight is 541 g/mol. The number of anilines is 1. The van der Waals surface area contributed by atoms with Crippen LogP contribution in [0.2, 0.25) is 5.02 Å². The van der Waals surface area contributed by atoms with E-state index in [1.807, 2.05) is 36.4 Å². The van der Waals surface area contributed by atoms with E-state index in [-0.39, 0.29) is 12.0 Å². The first-order valence-corrected chi connectivity index (χ1v) is 12.7. The predicted molar refractivity (Wildman–Crippen MR) is 148 cm³/mol. The number of methoxy groups -OCH3 is 2. The molecule has 0 spiro atoms. The van der Waals surface area contributed by atoms with E-state index in [0.29, 0.717) is 52.7 Å². The summed E-state index contributed by atoms with van der Waals surface area (Å²) in [4.78, 5) is 14.1. The maximum atomic E-state index is 12.0. The highest BCUT2D eigenvalue weighted by Gasteiger charge is 2.31. The molecule has 0 aliphatic carbocycles. The molecule has 1 aliphatic heterocycles. The Hall–Kier alpha value is -3.49. The maximum absolute atomic E-state index is 12.0. The Labute approximate surface area is 227 Å². The van der Waals surface area contributed by atoms with E-state index in [9.17, 15) is 4.79 Å². The summed E-state index contributed by atoms with van der Waals surface area (Å²) in [6.45, 7) is 3.12. The molecule has 0 saturated heterocycles. The standard InChI is InChI=1S/C28H29ClN2O5S/c1-4-35-27(32)18-5-11-22(12-6-18)36-17-24-23-16-26(34-3)25(33-2)15-19(23)13-14-31(24)28(37)30-21-9-7-20(29)8-10-21/h5-12,15-16,24H,4,13-14,17H2,1-3H3,(H,30,37). The third kappa shape index (κ3) is 6.26. The van der Waals surface area contributed by atoms with Crippen molar-refractivity contribution in [3.05, 3.63) is 82.4 Å². The number of hydrogen-bond acceptors (Lipinski definition) is 6. The van der Waals surface area contributed by atoms with E-state index in [1.54, 1.807) is 45.4 Å². The summed E-state index contributed by atoms with van der Waals surface area (Å²) in [6.07, 6.45) is 0.781. The molecule has 3 aromatic rings. The van der Waals surface area contributed by atoms with Crippen molar-refractivity contribution >= 4 is 40.6 Å². The molecular formula is C28H29ClN2O5S. The molecule has 194 valence electrons. The summed E-state index contributed by atoms with van der Waals surface area (Å²) >= 11 is 11.9. The molecule has 1 heterocycles. The largest absolute Gasteiger partial charge is 0.493 e. The summed E-state index contributed by atoms with van der Waals surface area (Å²) in [7, 11) is 3.25. The Morgan fingerprint density at radius 2 is 1.73 bits per heavy atom. The molecule has 1 N–H and O–H groups in total. The first-order chi connectivity index (χ1) is 17.9. The van der Waals surface area contributed by atoms with E-state index in [0.717, 1.165) is 23.2 Å². The van der Waals surface area contributed by atoms with Gasteiger partial charge in [0.15, 0.2) is 16.6 Å². The van der Waals surface area contributed by atoms with Crippen LogP contribution in [-0.2, 0) is 11.2 Å². The lowest BCUT2D eigenvalue weighted by Gasteiger charge is -2.39. The van der Waals surface area contributed by atoms with Gasteiger partial charge in [-0.3, -0.25) is 0 Å². The first kappa shape index (κ1) is 26.6. The molecular weight excluding hydrogens is 512 g/mol. The Morgan fingerprint density at radius 1 is 1.05 bits per heavy atom. The van der Waals surface area contributed by atoms with Gasteiger partial charge in [-0.15, -0.1) is 0 Å². The topological polar surface area (TPSA) is 69.3 Å². The summed E-state index contributed by atoms with van der Waals surface area (Å²) in [5.74, 6) is 1.60. The summed E-state index contributed by atoms with van der Waals surface area (Å²) in [5.41, 5.74) is 3.52. The normalized spacial score (nSPS) is 14.4. The van der Waals surface area contributed by atoms with Crippen molar-refractivity contribution in [1.29, 1.82) is 0 Å². The van der Waals surface area contributed by atoms with Crippen LogP contribution >= 0.6 is 23.8 Å². The fourth-order valence-electron chi connectivity index (χ4n) is 4.26. The Kier molecular flexibility index (Phi) is 8.74. The van der Waals surface area contributed by atoms with Gasteiger partial charge in [0.05, 0.1) is 32.4 Å². The molecule has 1 atom stereocenters. The lowest BCUT2D eigenvalue weighted by Crippen LogP contribution is -2.44. The zero-order chi connectivity index (χ0) is 26.4. The Bertz CT molecular complexity index is 1250. The Morgan fingerprint density at radius 3 is 2.38 bits per heavy atom. The maximum Gasteiger partial charge on any atom is 0.338 e. The minimum atomic E-state index is -0.360. The first-order valence-electron chi connectivity index (χ1n) is 11.9. The second-order valence-electron chi connectivity index (χ2n) is 8.36. The van der Waals surface area contributed by atoms with Crippen LogP contribution in [0.3, 0.4) is 0 Å². The number of thiocarbonyl (C=S) groups is 1. The van der Waals surface area contributed by atoms with Crippen LogP contribution in [0, 0.1) is 0 Å². The predicted octanol–water partition coefficient (Wildman–Crippen LogP) is 5.91. The van der Waals surface area contributed by atoms with Gasteiger partial charge in [0.1, 0.15) is 12.4 Å². The molecule has 7 nitrogen and oxygen atoms in total. The Balaban J connectivity index is 1.59. The monoisotopic (exact) mass is 540 g/mol. The van der Waals surface area contributed by atoms with Crippen molar-refractivity contribution in [3.63, 3.8) is 0 Å². The summed E-state index contributed by atoms with van der Waals surface area (Å²) in [6, 6.07) is 18.1. The van der Waals surface area contributed by atoms with Gasteiger partial charge in [-0.1, -0.05) is 11.6 Å². The van der Waals surface area contributed by atoms with E-state index < -0.39 is 0 Å². The van der Waals surface area contributed by atoms with Gasteiger partial charge in [0.25, 0.3) is 0 Å². The van der Waals surface area contributed by atoms with Crippen LogP contribution in [0.15, 0.2) is 60.7 Å². The average Bonchev–Trinajstić information content (AvgIpc) is 2.92. The number of benzene rings is 3. The van der Waals surface area contributed by atoms with Gasteiger partial charge in [-0.25, -0.2) is 4.79 Å². The molecule has 3 aromatic carbocycles. The molecule has 0 bridgehead atoms. The SMILES string of the molecule is CCOC(=O)c1ccc(OCC2c3cc(OC)c(OC)cc3CCN2C(=S)Nc2ccc(Cl)cc2)cc1. The van der Waals surface area contributed by atoms with Crippen molar-refractivity contribution < 1.29 is 23.7 Å². The van der Waals surface area contributed by atoms with Crippen molar-refractivity contribution in [3.8, 4) is 17.2 Å². The molecule has 0 aromatic heterocycles. The molecule has 4 rings (SSSR count). The number of halogens is 1. The number of hydrogen-bond donors (Lipinski definition) is 1. The van der Waals surface area contributed by atoms with E-state index in [2.05, 4.69) is 10.2 Å². The summed E-state index contributed by atoms with van der Waals surface area (Å²) in [5, 5.41) is 4.55. The van der Waals surface area contributed by atoms with Crippen LogP contribution in [0.1, 0.15) is 34.5 Å². The van der Waals surface area contributed by atoms with Gasteiger partial charge < -0.3 is 29.2 Å². The number of rotatable bonds is 8. The smallest absolute Gasteiger partial charge is 0.338 e. The molecule has 0 amide bonds. The van der Waals surface area contributed by atoms with Crippen LogP contribution in [0.4, 0.5) is 5.69 Å². The van der Waals surface area contributed by atoms with Crippen molar-refractivity contribution in [1.82, 2.24) is 4.90 Å². The number of ether oxygens (including phenoxy) is 4. The zero-order valence-electron chi connectivity index (χ0n) is 21.0. The highest BCUT2D eigenvalue weighted by Crippen LogP contribution is 2.38. The van der Waals surface area contributed by atoms with Crippen molar-refractivity contribution in [2.75, 3.05) is 39.3 Å². The van der Waals surface area contributed by atoms with E-state index in [1.165, 1.54) is 0 Å². The quantitative estimate of drug-likeness (QED) is 0.279. The van der Waals surface area contributed by atoms with Gasteiger partial charge in [0, 0.05) is 17.3 Å². The van der Waals surface area contributed by atoms with Gasteiger partial charge in [0.2, 0.25) is 0 Å². The lowest BCUT2D eigenvalue weighted by atomic mass is 9.92. The zero-order valence-corrected chi connectivity index (χ0v) is 22.5. The highest BCUT2D eigenvalue weighted by molar-refractivity contribution is 7.80. The van der Waals surface area contributed by atoms with E-state index >= 15 is 0 Å². The number of carbonyl (C=O) groups excluding carboxylic acids is 1. The molecule has 0 saturated carbocycles. The number of carbonyl (C=O) groups is 1.